The number of rotatable bonds is 14. The molecule has 0 aromatic heterocycles. The van der Waals surface area contributed by atoms with E-state index in [1.54, 1.807) is 20.8 Å². The van der Waals surface area contributed by atoms with E-state index in [-0.39, 0.29) is 31.3 Å². The van der Waals surface area contributed by atoms with E-state index < -0.39 is 41.8 Å². The van der Waals surface area contributed by atoms with Crippen LogP contribution >= 0.6 is 0 Å². The van der Waals surface area contributed by atoms with Crippen LogP contribution in [0.25, 0.3) is 0 Å². The van der Waals surface area contributed by atoms with Crippen LogP contribution in [0.5, 0.6) is 0 Å². The highest BCUT2D eigenvalue weighted by Crippen LogP contribution is 2.28. The SMILES string of the molecule is CC(C)C(NC(=O)C1=CO[C@H](COCc2ccccc2)[C@@H](OCc2ccccc2)[C@@H]1OCc1ccccc1)C(=O)OC(C)(C)C. The molecule has 1 aliphatic rings. The van der Waals surface area contributed by atoms with Crippen molar-refractivity contribution in [3.8, 4) is 0 Å². The van der Waals surface area contributed by atoms with Gasteiger partial charge in [-0.15, -0.1) is 0 Å². The molecular weight excluding hydrogens is 570 g/mol. The lowest BCUT2D eigenvalue weighted by Crippen LogP contribution is -2.53. The van der Waals surface area contributed by atoms with Gasteiger partial charge in [-0.3, -0.25) is 4.79 Å². The van der Waals surface area contributed by atoms with Crippen molar-refractivity contribution in [1.29, 1.82) is 0 Å². The van der Waals surface area contributed by atoms with Crippen LogP contribution in [-0.4, -0.2) is 48.4 Å². The fourth-order valence-electron chi connectivity index (χ4n) is 4.85. The summed E-state index contributed by atoms with van der Waals surface area (Å²) in [6.07, 6.45) is -0.674. The third-order valence-electron chi connectivity index (χ3n) is 7.17. The molecule has 0 fully saturated rings. The van der Waals surface area contributed by atoms with Crippen LogP contribution in [0, 0.1) is 5.92 Å². The summed E-state index contributed by atoms with van der Waals surface area (Å²) in [5.74, 6) is -1.22. The third kappa shape index (κ3) is 10.6. The number of ether oxygens (including phenoxy) is 5. The summed E-state index contributed by atoms with van der Waals surface area (Å²) >= 11 is 0. The second kappa shape index (κ2) is 16.4. The van der Waals surface area contributed by atoms with E-state index in [9.17, 15) is 9.59 Å². The van der Waals surface area contributed by atoms with E-state index in [2.05, 4.69) is 5.32 Å². The molecule has 0 aliphatic carbocycles. The Kier molecular flexibility index (Phi) is 12.3. The Morgan fingerprint density at radius 2 is 1.29 bits per heavy atom. The Morgan fingerprint density at radius 1 is 0.778 bits per heavy atom. The Hall–Kier alpha value is -3.98. The Bertz CT molecular complexity index is 1370. The first-order valence-electron chi connectivity index (χ1n) is 15.4. The zero-order chi connectivity index (χ0) is 32.2. The van der Waals surface area contributed by atoms with Crippen molar-refractivity contribution in [2.75, 3.05) is 6.61 Å². The van der Waals surface area contributed by atoms with E-state index in [1.807, 2.05) is 105 Å². The van der Waals surface area contributed by atoms with Crippen LogP contribution in [-0.2, 0) is 53.1 Å². The van der Waals surface area contributed by atoms with Crippen molar-refractivity contribution >= 4 is 11.9 Å². The van der Waals surface area contributed by atoms with Crippen LogP contribution in [0.4, 0.5) is 0 Å². The minimum absolute atomic E-state index is 0.206. The summed E-state index contributed by atoms with van der Waals surface area (Å²) in [5.41, 5.74) is 2.46. The maximum absolute atomic E-state index is 13.9. The molecule has 240 valence electrons. The lowest BCUT2D eigenvalue weighted by Gasteiger charge is -2.38. The summed E-state index contributed by atoms with van der Waals surface area (Å²) in [4.78, 5) is 27.0. The van der Waals surface area contributed by atoms with Gasteiger partial charge in [0, 0.05) is 0 Å². The quantitative estimate of drug-likeness (QED) is 0.218. The Morgan fingerprint density at radius 3 is 1.80 bits per heavy atom. The molecule has 1 unspecified atom stereocenters. The highest BCUT2D eigenvalue weighted by Gasteiger charge is 2.42. The van der Waals surface area contributed by atoms with Gasteiger partial charge in [0.25, 0.3) is 5.91 Å². The van der Waals surface area contributed by atoms with E-state index >= 15 is 0 Å². The van der Waals surface area contributed by atoms with Crippen molar-refractivity contribution in [1.82, 2.24) is 5.32 Å². The number of hydrogen-bond acceptors (Lipinski definition) is 7. The predicted octanol–water partition coefficient (Wildman–Crippen LogP) is 6.14. The number of carbonyl (C=O) groups is 2. The molecule has 0 spiro atoms. The monoisotopic (exact) mass is 615 g/mol. The molecule has 8 heteroatoms. The van der Waals surface area contributed by atoms with E-state index in [0.29, 0.717) is 6.61 Å². The number of benzene rings is 3. The normalized spacial score (nSPS) is 18.9. The molecule has 8 nitrogen and oxygen atoms in total. The third-order valence-corrected chi connectivity index (χ3v) is 7.17. The second-order valence-corrected chi connectivity index (χ2v) is 12.5. The average molecular weight is 616 g/mol. The molecule has 1 amide bonds. The van der Waals surface area contributed by atoms with Crippen LogP contribution < -0.4 is 5.32 Å². The van der Waals surface area contributed by atoms with Crippen LogP contribution in [0.1, 0.15) is 51.3 Å². The average Bonchev–Trinajstić information content (AvgIpc) is 3.02. The van der Waals surface area contributed by atoms with E-state index in [0.717, 1.165) is 16.7 Å². The summed E-state index contributed by atoms with van der Waals surface area (Å²) in [6, 6.07) is 28.5. The number of amides is 1. The van der Waals surface area contributed by atoms with Crippen LogP contribution in [0.2, 0.25) is 0 Å². The second-order valence-electron chi connectivity index (χ2n) is 12.5. The maximum Gasteiger partial charge on any atom is 0.329 e. The first-order valence-corrected chi connectivity index (χ1v) is 15.4. The van der Waals surface area contributed by atoms with Crippen molar-refractivity contribution < 1.29 is 33.3 Å². The van der Waals surface area contributed by atoms with Gasteiger partial charge < -0.3 is 29.0 Å². The van der Waals surface area contributed by atoms with Gasteiger partial charge in [-0.05, 0) is 43.4 Å². The molecule has 45 heavy (non-hydrogen) atoms. The topological polar surface area (TPSA) is 92.3 Å². The summed E-state index contributed by atoms with van der Waals surface area (Å²) in [7, 11) is 0. The van der Waals surface area contributed by atoms with Crippen molar-refractivity contribution in [2.24, 2.45) is 5.92 Å². The van der Waals surface area contributed by atoms with E-state index in [1.165, 1.54) is 6.26 Å². The highest BCUT2D eigenvalue weighted by molar-refractivity contribution is 5.97. The molecule has 0 saturated carbocycles. The molecule has 1 heterocycles. The highest BCUT2D eigenvalue weighted by atomic mass is 16.6. The minimum atomic E-state index is -0.872. The largest absolute Gasteiger partial charge is 0.492 e. The Labute approximate surface area is 266 Å². The lowest BCUT2D eigenvalue weighted by molar-refractivity contribution is -0.162. The lowest BCUT2D eigenvalue weighted by atomic mass is 9.96. The molecule has 4 rings (SSSR count). The van der Waals surface area contributed by atoms with Gasteiger partial charge in [0.1, 0.15) is 30.0 Å². The van der Waals surface area contributed by atoms with Gasteiger partial charge in [0.15, 0.2) is 0 Å². The molecule has 1 N–H and O–H groups in total. The first kappa shape index (κ1) is 33.9. The summed E-state index contributed by atoms with van der Waals surface area (Å²) in [5, 5.41) is 2.88. The number of nitrogens with one attached hydrogen (secondary N) is 1. The van der Waals surface area contributed by atoms with Crippen LogP contribution in [0.3, 0.4) is 0 Å². The number of esters is 1. The van der Waals surface area contributed by atoms with Gasteiger partial charge >= 0.3 is 5.97 Å². The summed E-state index contributed by atoms with van der Waals surface area (Å²) < 4.78 is 30.8. The van der Waals surface area contributed by atoms with Crippen molar-refractivity contribution in [3.05, 3.63) is 120 Å². The van der Waals surface area contributed by atoms with Crippen molar-refractivity contribution in [2.45, 2.75) is 84.4 Å². The standard InChI is InChI=1S/C37H45NO7/c1-26(2)32(36(40)45-37(3,4)5)38-35(39)30-24-42-31(25-41-21-27-15-9-6-10-16-27)34(44-23-29-19-13-8-14-20-29)33(30)43-22-28-17-11-7-12-18-28/h6-20,24,26,31-34H,21-23,25H2,1-5H3,(H,38,39)/t31-,32?,33-,34-/m1/s1. The maximum atomic E-state index is 13.9. The van der Waals surface area contributed by atoms with Gasteiger partial charge in [-0.2, -0.15) is 0 Å². The fraction of sp³-hybridized carbons (Fsp3) is 0.405. The van der Waals surface area contributed by atoms with E-state index in [4.69, 9.17) is 23.7 Å². The predicted molar refractivity (Wildman–Crippen MR) is 172 cm³/mol. The molecule has 3 aromatic rings. The minimum Gasteiger partial charge on any atom is -0.492 e. The number of carbonyl (C=O) groups excluding carboxylic acids is 2. The zero-order valence-corrected chi connectivity index (χ0v) is 26.8. The fourth-order valence-corrected chi connectivity index (χ4v) is 4.85. The molecule has 0 radical (unpaired) electrons. The van der Waals surface area contributed by atoms with Gasteiger partial charge in [0.05, 0.1) is 38.3 Å². The zero-order valence-electron chi connectivity index (χ0n) is 26.8. The van der Waals surface area contributed by atoms with Gasteiger partial charge in [-0.25, -0.2) is 4.79 Å². The van der Waals surface area contributed by atoms with Gasteiger partial charge in [-0.1, -0.05) is 105 Å². The van der Waals surface area contributed by atoms with Crippen molar-refractivity contribution in [3.63, 3.8) is 0 Å². The van der Waals surface area contributed by atoms with Crippen LogP contribution in [0.15, 0.2) is 103 Å². The molecule has 1 aliphatic heterocycles. The molecule has 0 bridgehead atoms. The first-order chi connectivity index (χ1) is 21.6. The molecule has 3 aromatic carbocycles. The smallest absolute Gasteiger partial charge is 0.329 e. The molecule has 0 saturated heterocycles. The summed E-state index contributed by atoms with van der Waals surface area (Å²) in [6.45, 7) is 10.2. The van der Waals surface area contributed by atoms with Gasteiger partial charge in [0.2, 0.25) is 0 Å². The number of hydrogen-bond donors (Lipinski definition) is 1. The molecular formula is C37H45NO7. The molecule has 4 atom stereocenters. The Balaban J connectivity index is 1.60.